The molecule has 266 valence electrons. The molecule has 0 aliphatic rings. The molecule has 0 fully saturated rings. The highest BCUT2D eigenvalue weighted by Crippen LogP contribution is 2.49. The molecule has 0 aliphatic heterocycles. The maximum absolute atomic E-state index is 6.75. The lowest BCUT2D eigenvalue weighted by Gasteiger charge is -2.29. The highest BCUT2D eigenvalue weighted by molar-refractivity contribution is 6.36. The van der Waals surface area contributed by atoms with Crippen LogP contribution in [0.1, 0.15) is 0 Å². The highest BCUT2D eigenvalue weighted by atomic mass is 16.3. The van der Waals surface area contributed by atoms with E-state index in [4.69, 9.17) is 8.83 Å². The molecule has 0 spiro atoms. The largest absolute Gasteiger partial charge is 0.456 e. The van der Waals surface area contributed by atoms with Crippen molar-refractivity contribution in [3.63, 3.8) is 0 Å². The third kappa shape index (κ3) is 4.79. The van der Waals surface area contributed by atoms with E-state index in [1.165, 1.54) is 43.4 Å². The van der Waals surface area contributed by atoms with E-state index in [0.29, 0.717) is 0 Å². The van der Waals surface area contributed by atoms with Crippen molar-refractivity contribution in [1.82, 2.24) is 0 Å². The van der Waals surface area contributed by atoms with E-state index in [1.807, 2.05) is 12.1 Å². The second kappa shape index (κ2) is 12.5. The molecule has 0 N–H and O–H groups in total. The molecule has 0 atom stereocenters. The number of benzene rings is 10. The standard InChI is InChI=1S/C54H33NO2/c1-2-15-34(16-3-1)35-17-12-18-36(33-35)55(47-28-14-26-44-38-20-7-10-29-48(38)57-54(44)47)46-27-9-6-19-37(46)39-24-13-25-41-43-31-32-50-53(45-23-8-11-30-49(45)56-50)52(43)42-22-5-4-21-40(42)51(39)41/h1-33H. The zero-order valence-electron chi connectivity index (χ0n) is 30.8. The quantitative estimate of drug-likeness (QED) is 0.165. The van der Waals surface area contributed by atoms with Crippen LogP contribution in [0.15, 0.2) is 209 Å². The van der Waals surface area contributed by atoms with Crippen molar-refractivity contribution in [1.29, 1.82) is 0 Å². The maximum atomic E-state index is 6.75. The Bertz CT molecular complexity index is 3510. The van der Waals surface area contributed by atoms with E-state index in [9.17, 15) is 0 Å². The minimum absolute atomic E-state index is 0.851. The van der Waals surface area contributed by atoms with E-state index < -0.39 is 0 Å². The third-order valence-corrected chi connectivity index (χ3v) is 11.6. The van der Waals surface area contributed by atoms with Crippen LogP contribution in [-0.2, 0) is 0 Å². The molecule has 3 heteroatoms. The van der Waals surface area contributed by atoms with Crippen LogP contribution in [-0.4, -0.2) is 0 Å². The number of nitrogens with zero attached hydrogens (tertiary/aromatic N) is 1. The van der Waals surface area contributed by atoms with Gasteiger partial charge in [0.25, 0.3) is 0 Å². The molecule has 12 rings (SSSR count). The molecule has 0 radical (unpaired) electrons. The van der Waals surface area contributed by atoms with Gasteiger partial charge >= 0.3 is 0 Å². The number of anilines is 3. The van der Waals surface area contributed by atoms with E-state index in [2.05, 4.69) is 193 Å². The number of para-hydroxylation sites is 4. The maximum Gasteiger partial charge on any atom is 0.159 e. The van der Waals surface area contributed by atoms with E-state index >= 15 is 0 Å². The Labute approximate surface area is 328 Å². The lowest BCUT2D eigenvalue weighted by Crippen LogP contribution is -2.11. The van der Waals surface area contributed by atoms with Gasteiger partial charge < -0.3 is 13.7 Å². The number of rotatable bonds is 5. The molecule has 0 unspecified atom stereocenters. The van der Waals surface area contributed by atoms with Crippen LogP contribution < -0.4 is 4.90 Å². The topological polar surface area (TPSA) is 29.5 Å². The minimum atomic E-state index is 0.851. The van der Waals surface area contributed by atoms with Gasteiger partial charge in [-0.3, -0.25) is 0 Å². The van der Waals surface area contributed by atoms with Crippen molar-refractivity contribution in [2.75, 3.05) is 4.90 Å². The summed E-state index contributed by atoms with van der Waals surface area (Å²) < 4.78 is 13.2. The van der Waals surface area contributed by atoms with Crippen molar-refractivity contribution < 1.29 is 8.83 Å². The van der Waals surface area contributed by atoms with Crippen LogP contribution in [0.3, 0.4) is 0 Å². The summed E-state index contributed by atoms with van der Waals surface area (Å²) in [6.45, 7) is 0. The monoisotopic (exact) mass is 727 g/mol. The molecule has 0 saturated carbocycles. The summed E-state index contributed by atoms with van der Waals surface area (Å²) in [6.07, 6.45) is 0. The van der Waals surface area contributed by atoms with Gasteiger partial charge in [-0.05, 0) is 92.2 Å². The summed E-state index contributed by atoms with van der Waals surface area (Å²) in [5.41, 5.74) is 11.2. The van der Waals surface area contributed by atoms with Crippen molar-refractivity contribution in [2.45, 2.75) is 0 Å². The minimum Gasteiger partial charge on any atom is -0.456 e. The Hall–Kier alpha value is -7.62. The average Bonchev–Trinajstić information content (AvgIpc) is 3.86. The van der Waals surface area contributed by atoms with Crippen LogP contribution in [0.25, 0.3) is 98.4 Å². The summed E-state index contributed by atoms with van der Waals surface area (Å²) in [5.74, 6) is 0. The number of hydrogen-bond donors (Lipinski definition) is 0. The Morgan fingerprint density at radius 3 is 1.70 bits per heavy atom. The number of fused-ring (bicyclic) bond motifs is 13. The third-order valence-electron chi connectivity index (χ3n) is 11.6. The molecule has 0 aliphatic carbocycles. The fourth-order valence-electron chi connectivity index (χ4n) is 9.20. The van der Waals surface area contributed by atoms with E-state index in [-0.39, 0.29) is 0 Å². The summed E-state index contributed by atoms with van der Waals surface area (Å²) in [5, 5.41) is 11.8. The molecule has 2 aromatic heterocycles. The number of hydrogen-bond acceptors (Lipinski definition) is 3. The van der Waals surface area contributed by atoms with Gasteiger partial charge in [0.2, 0.25) is 0 Å². The van der Waals surface area contributed by atoms with Gasteiger partial charge in [-0.25, -0.2) is 0 Å². The molecule has 12 aromatic rings. The van der Waals surface area contributed by atoms with E-state index in [0.717, 1.165) is 72.1 Å². The van der Waals surface area contributed by atoms with Gasteiger partial charge in [-0.15, -0.1) is 0 Å². The SMILES string of the molecule is c1ccc(-c2cccc(N(c3ccccc3-c3cccc4c5ccc6oc7ccccc7c6c5c5ccccc5c34)c3cccc4c3oc3ccccc34)c2)cc1. The van der Waals surface area contributed by atoms with Gasteiger partial charge in [-0.2, -0.15) is 0 Å². The average molecular weight is 728 g/mol. The molecule has 3 nitrogen and oxygen atoms in total. The van der Waals surface area contributed by atoms with Crippen LogP contribution in [0.4, 0.5) is 17.1 Å². The zero-order chi connectivity index (χ0) is 37.5. The fraction of sp³-hybridized carbons (Fsp3) is 0. The van der Waals surface area contributed by atoms with Crippen LogP contribution >= 0.6 is 0 Å². The molecular weight excluding hydrogens is 695 g/mol. The van der Waals surface area contributed by atoms with Crippen LogP contribution in [0.2, 0.25) is 0 Å². The normalized spacial score (nSPS) is 11.9. The number of furan rings is 2. The second-order valence-corrected chi connectivity index (χ2v) is 14.8. The lowest BCUT2D eigenvalue weighted by molar-refractivity contribution is 0.669. The molecule has 10 aromatic carbocycles. The first-order chi connectivity index (χ1) is 28.3. The first-order valence-corrected chi connectivity index (χ1v) is 19.4. The molecular formula is C54H33NO2. The van der Waals surface area contributed by atoms with Gasteiger partial charge in [0, 0.05) is 38.2 Å². The summed E-state index contributed by atoms with van der Waals surface area (Å²) in [7, 11) is 0. The molecule has 0 saturated heterocycles. The molecule has 0 amide bonds. The van der Waals surface area contributed by atoms with Crippen LogP contribution in [0.5, 0.6) is 0 Å². The van der Waals surface area contributed by atoms with Crippen LogP contribution in [0, 0.1) is 0 Å². The Kier molecular flexibility index (Phi) is 6.93. The van der Waals surface area contributed by atoms with Gasteiger partial charge in [0.05, 0.1) is 11.4 Å². The summed E-state index contributed by atoms with van der Waals surface area (Å²) >= 11 is 0. The van der Waals surface area contributed by atoms with Gasteiger partial charge in [-0.1, -0.05) is 152 Å². The predicted octanol–water partition coefficient (Wildman–Crippen LogP) is 15.7. The van der Waals surface area contributed by atoms with Crippen molar-refractivity contribution in [2.24, 2.45) is 0 Å². The predicted molar refractivity (Wildman–Crippen MR) is 239 cm³/mol. The lowest BCUT2D eigenvalue weighted by atomic mass is 9.87. The first-order valence-electron chi connectivity index (χ1n) is 19.4. The van der Waals surface area contributed by atoms with Crippen molar-refractivity contribution in [3.05, 3.63) is 200 Å². The first kappa shape index (κ1) is 31.7. The second-order valence-electron chi connectivity index (χ2n) is 14.8. The highest BCUT2D eigenvalue weighted by Gasteiger charge is 2.24. The molecule has 2 heterocycles. The Morgan fingerprint density at radius 1 is 0.298 bits per heavy atom. The van der Waals surface area contributed by atoms with Crippen molar-refractivity contribution >= 4 is 93.3 Å². The Balaban J connectivity index is 1.17. The molecule has 0 bridgehead atoms. The summed E-state index contributed by atoms with van der Waals surface area (Å²) in [6, 6.07) is 71.5. The van der Waals surface area contributed by atoms with Crippen molar-refractivity contribution in [3.8, 4) is 22.3 Å². The van der Waals surface area contributed by atoms with Gasteiger partial charge in [0.15, 0.2) is 5.58 Å². The fourth-order valence-corrected chi connectivity index (χ4v) is 9.20. The Morgan fingerprint density at radius 2 is 0.860 bits per heavy atom. The van der Waals surface area contributed by atoms with E-state index in [1.54, 1.807) is 0 Å². The molecule has 57 heavy (non-hydrogen) atoms. The summed E-state index contributed by atoms with van der Waals surface area (Å²) in [4.78, 5) is 2.38. The van der Waals surface area contributed by atoms with Gasteiger partial charge in [0.1, 0.15) is 16.7 Å². The smallest absolute Gasteiger partial charge is 0.159 e. The zero-order valence-corrected chi connectivity index (χ0v) is 30.8.